The van der Waals surface area contributed by atoms with Crippen LogP contribution in [0.2, 0.25) is 0 Å². The lowest BCUT2D eigenvalue weighted by molar-refractivity contribution is -0.160. The lowest BCUT2D eigenvalue weighted by atomic mass is 9.88. The molecule has 0 unspecified atom stereocenters. The van der Waals surface area contributed by atoms with Gasteiger partial charge in [-0.2, -0.15) is 0 Å². The zero-order valence-electron chi connectivity index (χ0n) is 41.4. The predicted molar refractivity (Wildman–Crippen MR) is 264 cm³/mol. The molecule has 0 saturated carbocycles. The minimum absolute atomic E-state index is 0.0205. The number of fused-ring (bicyclic) bond motifs is 3. The highest BCUT2D eigenvalue weighted by molar-refractivity contribution is 7.09. The fourth-order valence-corrected chi connectivity index (χ4v) is 10.7. The molecular weight excluding hydrogens is 879 g/mol. The number of ether oxygens (including phenoxy) is 3. The van der Waals surface area contributed by atoms with Crippen molar-refractivity contribution in [2.45, 2.75) is 123 Å². The molecule has 8 atom stereocenters. The third-order valence-electron chi connectivity index (χ3n) is 14.2. The van der Waals surface area contributed by atoms with Gasteiger partial charge in [0, 0.05) is 45.3 Å². The number of carbonyl (C=O) groups is 5. The topological polar surface area (TPSA) is 156 Å². The maximum Gasteiger partial charge on any atom is 0.321 e. The molecule has 2 N–H and O–H groups in total. The van der Waals surface area contributed by atoms with E-state index in [2.05, 4.69) is 27.8 Å². The summed E-state index contributed by atoms with van der Waals surface area (Å²) in [6.07, 6.45) is 3.09. The van der Waals surface area contributed by atoms with Crippen molar-refractivity contribution in [3.63, 3.8) is 0 Å². The number of thiazole rings is 1. The van der Waals surface area contributed by atoms with Crippen LogP contribution in [0.3, 0.4) is 0 Å². The van der Waals surface area contributed by atoms with Crippen molar-refractivity contribution in [2.24, 2.45) is 23.2 Å². The Hall–Kier alpha value is -5.44. The van der Waals surface area contributed by atoms with Gasteiger partial charge in [0.05, 0.1) is 42.7 Å². The first-order valence-electron chi connectivity index (χ1n) is 24.1. The van der Waals surface area contributed by atoms with E-state index in [0.717, 1.165) is 39.2 Å². The summed E-state index contributed by atoms with van der Waals surface area (Å²) in [6.45, 7) is 13.2. The smallest absolute Gasteiger partial charge is 0.321 e. The van der Waals surface area contributed by atoms with Crippen LogP contribution >= 0.6 is 11.3 Å². The zero-order valence-corrected chi connectivity index (χ0v) is 42.2. The standard InChI is InChI=1S/C54H71N5O8S/c1-11-34(4)47(58(8)51(62)46(33(2)3)57-52(63)54(6,7)53(64)67-32-41-39-24-17-15-22-37(39)38-23-16-18-25-40(38)41)44(65-9)31-45(60)59-28-19-26-43(59)48(66-10)35(5)49(61)56-42(50-55-27-29-68-50)30-36-20-13-12-14-21-36/h12-18,20-25,27,29,33-35,41-44,46-48H,11,19,26,28,30-32H2,1-10H3,(H,56,61)(H,57,63)/t34-,35+,42-,43-,44+,46-,47-,48+/m0/s1. The van der Waals surface area contributed by atoms with Gasteiger partial charge in [0.1, 0.15) is 23.1 Å². The summed E-state index contributed by atoms with van der Waals surface area (Å²) >= 11 is 1.49. The third-order valence-corrected chi connectivity index (χ3v) is 15.1. The molecule has 1 aromatic heterocycles. The Balaban J connectivity index is 1.11. The largest absolute Gasteiger partial charge is 0.464 e. The fourth-order valence-electron chi connectivity index (χ4n) is 9.99. The number of nitrogens with one attached hydrogen (secondary N) is 2. The fraction of sp³-hybridized carbons (Fsp3) is 0.519. The Bertz CT molecular complexity index is 2290. The molecule has 13 nitrogen and oxygen atoms in total. The number of rotatable bonds is 22. The highest BCUT2D eigenvalue weighted by atomic mass is 32.1. The summed E-state index contributed by atoms with van der Waals surface area (Å²) in [5.41, 5.74) is 3.79. The number of benzene rings is 3. The molecule has 0 bridgehead atoms. The number of carbonyl (C=O) groups excluding carboxylic acids is 5. The van der Waals surface area contributed by atoms with E-state index in [1.807, 2.05) is 112 Å². The second-order valence-electron chi connectivity index (χ2n) is 19.4. The van der Waals surface area contributed by atoms with Crippen molar-refractivity contribution >= 4 is 40.9 Å². The van der Waals surface area contributed by atoms with Gasteiger partial charge in [-0.3, -0.25) is 24.0 Å². The van der Waals surface area contributed by atoms with Gasteiger partial charge in [-0.1, -0.05) is 120 Å². The van der Waals surface area contributed by atoms with Crippen LogP contribution in [-0.2, 0) is 44.6 Å². The maximum absolute atomic E-state index is 14.6. The molecule has 1 saturated heterocycles. The van der Waals surface area contributed by atoms with Gasteiger partial charge in [-0.15, -0.1) is 11.3 Å². The van der Waals surface area contributed by atoms with Crippen LogP contribution in [0.4, 0.5) is 0 Å². The average molecular weight is 950 g/mol. The quantitative estimate of drug-likeness (QED) is 0.0589. The van der Waals surface area contributed by atoms with Gasteiger partial charge < -0.3 is 34.6 Å². The normalized spacial score (nSPS) is 17.8. The Morgan fingerprint density at radius 3 is 2.09 bits per heavy atom. The molecule has 2 heterocycles. The second-order valence-corrected chi connectivity index (χ2v) is 20.3. The molecule has 6 rings (SSSR count). The molecule has 0 radical (unpaired) electrons. The molecule has 366 valence electrons. The van der Waals surface area contributed by atoms with Gasteiger partial charge >= 0.3 is 5.97 Å². The van der Waals surface area contributed by atoms with Gasteiger partial charge in [0.25, 0.3) is 0 Å². The van der Waals surface area contributed by atoms with Crippen LogP contribution in [0, 0.1) is 23.2 Å². The summed E-state index contributed by atoms with van der Waals surface area (Å²) in [5, 5.41) is 8.85. The molecule has 1 aliphatic carbocycles. The number of esters is 1. The summed E-state index contributed by atoms with van der Waals surface area (Å²) in [6, 6.07) is 23.8. The number of aromatic nitrogens is 1. The number of likely N-dealkylation sites (N-methyl/N-ethyl adjacent to an activating group) is 1. The molecule has 1 aliphatic heterocycles. The van der Waals surface area contributed by atoms with Crippen molar-refractivity contribution < 1.29 is 38.2 Å². The van der Waals surface area contributed by atoms with Crippen LogP contribution < -0.4 is 10.6 Å². The summed E-state index contributed by atoms with van der Waals surface area (Å²) in [7, 11) is 4.81. The molecule has 2 aliphatic rings. The number of amides is 4. The summed E-state index contributed by atoms with van der Waals surface area (Å²) < 4.78 is 18.1. The molecule has 4 amide bonds. The monoisotopic (exact) mass is 950 g/mol. The predicted octanol–water partition coefficient (Wildman–Crippen LogP) is 7.99. The van der Waals surface area contributed by atoms with Crippen LogP contribution in [0.5, 0.6) is 0 Å². The molecule has 3 aromatic carbocycles. The van der Waals surface area contributed by atoms with Crippen molar-refractivity contribution in [1.82, 2.24) is 25.4 Å². The van der Waals surface area contributed by atoms with Crippen LogP contribution in [0.25, 0.3) is 11.1 Å². The lowest BCUT2D eigenvalue weighted by Gasteiger charge is -2.41. The SMILES string of the molecule is CC[C@H](C)[C@@H]([C@@H](CC(=O)N1CCC[C@H]1[C@H](OC)[C@@H](C)C(=O)N[C@@H](Cc1ccccc1)c1nccs1)OC)N(C)C(=O)[C@@H](NC(=O)C(C)(C)C(=O)OCC1c2ccccc2-c2ccccc21)C(C)C. The van der Waals surface area contributed by atoms with Crippen molar-refractivity contribution in [2.75, 3.05) is 34.4 Å². The molecule has 68 heavy (non-hydrogen) atoms. The molecule has 0 spiro atoms. The van der Waals surface area contributed by atoms with Gasteiger partial charge in [0.2, 0.25) is 23.6 Å². The van der Waals surface area contributed by atoms with Gasteiger partial charge in [-0.25, -0.2) is 4.98 Å². The maximum atomic E-state index is 14.6. The van der Waals surface area contributed by atoms with E-state index in [-0.39, 0.29) is 60.6 Å². The van der Waals surface area contributed by atoms with E-state index in [1.165, 1.54) is 25.2 Å². The van der Waals surface area contributed by atoms with E-state index < -0.39 is 47.5 Å². The van der Waals surface area contributed by atoms with E-state index in [4.69, 9.17) is 14.2 Å². The lowest BCUT2D eigenvalue weighted by Crippen LogP contribution is -2.59. The average Bonchev–Trinajstić information content (AvgIpc) is 4.13. The number of nitrogens with zero attached hydrogens (tertiary/aromatic N) is 3. The number of hydrogen-bond donors (Lipinski definition) is 2. The van der Waals surface area contributed by atoms with E-state index in [0.29, 0.717) is 25.8 Å². The highest BCUT2D eigenvalue weighted by Crippen LogP contribution is 2.45. The van der Waals surface area contributed by atoms with Crippen molar-refractivity contribution in [1.29, 1.82) is 0 Å². The Kier molecular flexibility index (Phi) is 17.8. The van der Waals surface area contributed by atoms with Crippen LogP contribution in [-0.4, -0.2) is 109 Å². The second kappa shape index (κ2) is 23.2. The minimum atomic E-state index is -1.61. The summed E-state index contributed by atoms with van der Waals surface area (Å²) in [4.78, 5) is 78.9. The molecular formula is C54H71N5O8S. The van der Waals surface area contributed by atoms with Gasteiger partial charge in [0.15, 0.2) is 0 Å². The number of likely N-dealkylation sites (tertiary alicyclic amines) is 1. The Morgan fingerprint density at radius 1 is 0.882 bits per heavy atom. The first-order chi connectivity index (χ1) is 32.5. The van der Waals surface area contributed by atoms with E-state index in [1.54, 1.807) is 32.4 Å². The van der Waals surface area contributed by atoms with Crippen molar-refractivity contribution in [3.05, 3.63) is 112 Å². The number of hydrogen-bond acceptors (Lipinski definition) is 10. The van der Waals surface area contributed by atoms with E-state index >= 15 is 0 Å². The Labute approximate surface area is 406 Å². The Morgan fingerprint density at radius 2 is 1.51 bits per heavy atom. The van der Waals surface area contributed by atoms with Crippen LogP contribution in [0.1, 0.15) is 108 Å². The molecule has 1 fully saturated rings. The number of methoxy groups -OCH3 is 2. The van der Waals surface area contributed by atoms with Crippen molar-refractivity contribution in [3.8, 4) is 11.1 Å². The first kappa shape index (κ1) is 51.9. The molecule has 14 heteroatoms. The first-order valence-corrected chi connectivity index (χ1v) is 24.9. The summed E-state index contributed by atoms with van der Waals surface area (Å²) in [5.74, 6) is -3.25. The highest BCUT2D eigenvalue weighted by Gasteiger charge is 2.45. The molecule has 4 aromatic rings. The minimum Gasteiger partial charge on any atom is -0.464 e. The zero-order chi connectivity index (χ0) is 49.3. The van der Waals surface area contributed by atoms with Gasteiger partial charge in [-0.05, 0) is 72.8 Å². The van der Waals surface area contributed by atoms with Crippen LogP contribution in [0.15, 0.2) is 90.4 Å². The van der Waals surface area contributed by atoms with E-state index in [9.17, 15) is 24.0 Å². The third kappa shape index (κ3) is 11.5.